The zero-order valence-corrected chi connectivity index (χ0v) is 13.2. The summed E-state index contributed by atoms with van der Waals surface area (Å²) in [7, 11) is 1.51. The van der Waals surface area contributed by atoms with Gasteiger partial charge in [-0.3, -0.25) is 9.59 Å². The summed E-state index contributed by atoms with van der Waals surface area (Å²) in [5, 5.41) is 2.77. The van der Waals surface area contributed by atoms with E-state index in [2.05, 4.69) is 5.32 Å². The molecule has 0 radical (unpaired) electrons. The average Bonchev–Trinajstić information content (AvgIpc) is 2.48. The molecule has 0 spiro atoms. The fourth-order valence-corrected chi connectivity index (χ4v) is 1.45. The van der Waals surface area contributed by atoms with Crippen molar-refractivity contribution in [2.45, 2.75) is 41.0 Å². The van der Waals surface area contributed by atoms with Crippen molar-refractivity contribution in [1.82, 2.24) is 0 Å². The highest BCUT2D eigenvalue weighted by Crippen LogP contribution is 2.26. The van der Waals surface area contributed by atoms with E-state index in [9.17, 15) is 9.59 Å². The molecule has 0 atom stereocenters. The Bertz CT molecular complexity index is 459. The molecule has 0 saturated carbocycles. The zero-order chi connectivity index (χ0) is 15.7. The number of Topliss-reactive ketones (excluding diaryl/α,β-unsaturated/α-hetero) is 1. The van der Waals surface area contributed by atoms with E-state index in [1.54, 1.807) is 18.2 Å². The van der Waals surface area contributed by atoms with Crippen LogP contribution in [0.2, 0.25) is 0 Å². The Kier molecular flexibility index (Phi) is 8.29. The lowest BCUT2D eigenvalue weighted by Gasteiger charge is -2.12. The third kappa shape index (κ3) is 5.03. The molecule has 1 rings (SSSR count). The molecule has 1 aromatic carbocycles. The number of ketones is 1. The topological polar surface area (TPSA) is 55.4 Å². The number of hydrogen-bond acceptors (Lipinski definition) is 3. The first kappa shape index (κ1) is 18.2. The van der Waals surface area contributed by atoms with Gasteiger partial charge in [0.2, 0.25) is 5.91 Å². The van der Waals surface area contributed by atoms with Gasteiger partial charge in [-0.1, -0.05) is 34.6 Å². The highest BCUT2D eigenvalue weighted by atomic mass is 16.5. The molecule has 20 heavy (non-hydrogen) atoms. The summed E-state index contributed by atoms with van der Waals surface area (Å²) >= 11 is 0. The van der Waals surface area contributed by atoms with Gasteiger partial charge in [0.1, 0.15) is 5.75 Å². The maximum atomic E-state index is 11.6. The standard InChI is InChI=1S/C14H19NO3.C2H6.H2/c1-5-12(16)10-6-7-11(13(8-10)18-4)15-14(17)9(2)3;1-2;/h6-9H,5H2,1-4H3,(H,15,17);1-2H3;1H. The quantitative estimate of drug-likeness (QED) is 0.825. The van der Waals surface area contributed by atoms with Crippen LogP contribution in [0, 0.1) is 5.92 Å². The zero-order valence-electron chi connectivity index (χ0n) is 13.2. The molecule has 114 valence electrons. The van der Waals surface area contributed by atoms with Crippen LogP contribution in [0.25, 0.3) is 0 Å². The minimum atomic E-state index is -0.105. The molecule has 0 unspecified atom stereocenters. The van der Waals surface area contributed by atoms with Gasteiger partial charge in [-0.05, 0) is 18.2 Å². The van der Waals surface area contributed by atoms with Gasteiger partial charge in [-0.2, -0.15) is 0 Å². The lowest BCUT2D eigenvalue weighted by molar-refractivity contribution is -0.118. The SMILES string of the molecule is CC.CCC(=O)c1ccc(NC(=O)C(C)C)c(OC)c1.[HH]. The highest BCUT2D eigenvalue weighted by molar-refractivity contribution is 5.98. The number of rotatable bonds is 5. The monoisotopic (exact) mass is 281 g/mol. The number of carbonyl (C=O) groups is 2. The number of hydrogen-bond donors (Lipinski definition) is 1. The average molecular weight is 281 g/mol. The van der Waals surface area contributed by atoms with Crippen molar-refractivity contribution in [3.8, 4) is 5.75 Å². The van der Waals surface area contributed by atoms with Crippen LogP contribution in [0.4, 0.5) is 5.69 Å². The van der Waals surface area contributed by atoms with Crippen molar-refractivity contribution in [3.63, 3.8) is 0 Å². The molecule has 4 heteroatoms. The van der Waals surface area contributed by atoms with Crippen LogP contribution < -0.4 is 10.1 Å². The van der Waals surface area contributed by atoms with Crippen molar-refractivity contribution < 1.29 is 15.8 Å². The van der Waals surface area contributed by atoms with Gasteiger partial charge in [0.25, 0.3) is 0 Å². The molecular weight excluding hydrogens is 254 g/mol. The summed E-state index contributed by atoms with van der Waals surface area (Å²) in [5.74, 6) is 0.368. The first-order valence-corrected chi connectivity index (χ1v) is 7.01. The number of nitrogens with one attached hydrogen (secondary N) is 1. The molecule has 1 aromatic rings. The summed E-state index contributed by atoms with van der Waals surface area (Å²) in [6.07, 6.45) is 0.445. The molecular formula is C16H27NO3. The number of carbonyl (C=O) groups excluding carboxylic acids is 2. The number of benzene rings is 1. The molecule has 0 aliphatic carbocycles. The number of amides is 1. The van der Waals surface area contributed by atoms with Crippen LogP contribution in [0.1, 0.15) is 52.8 Å². The van der Waals surface area contributed by atoms with E-state index < -0.39 is 0 Å². The predicted octanol–water partition coefficient (Wildman–Crippen LogP) is 4.15. The van der Waals surface area contributed by atoms with Crippen molar-refractivity contribution in [2.24, 2.45) is 5.92 Å². The van der Waals surface area contributed by atoms with Gasteiger partial charge in [-0.15, -0.1) is 0 Å². The van der Waals surface area contributed by atoms with Crippen LogP contribution in [0.15, 0.2) is 18.2 Å². The van der Waals surface area contributed by atoms with Gasteiger partial charge >= 0.3 is 0 Å². The van der Waals surface area contributed by atoms with Gasteiger partial charge in [0, 0.05) is 19.3 Å². The van der Waals surface area contributed by atoms with E-state index in [4.69, 9.17) is 4.74 Å². The summed E-state index contributed by atoms with van der Waals surface area (Å²) in [6.45, 7) is 9.44. The lowest BCUT2D eigenvalue weighted by atomic mass is 10.1. The molecule has 0 aliphatic heterocycles. The van der Waals surface area contributed by atoms with Crippen molar-refractivity contribution >= 4 is 17.4 Å². The second-order valence-electron chi connectivity index (χ2n) is 4.34. The molecule has 0 bridgehead atoms. The molecule has 0 heterocycles. The van der Waals surface area contributed by atoms with E-state index in [1.807, 2.05) is 34.6 Å². The minimum Gasteiger partial charge on any atom is -0.495 e. The first-order valence-electron chi connectivity index (χ1n) is 7.01. The van der Waals surface area contributed by atoms with Crippen molar-refractivity contribution in [1.29, 1.82) is 0 Å². The maximum Gasteiger partial charge on any atom is 0.227 e. The summed E-state index contributed by atoms with van der Waals surface area (Å²) < 4.78 is 5.19. The Morgan fingerprint density at radius 3 is 2.35 bits per heavy atom. The Hall–Kier alpha value is -1.84. The lowest BCUT2D eigenvalue weighted by Crippen LogP contribution is -2.18. The molecule has 0 fully saturated rings. The summed E-state index contributed by atoms with van der Waals surface area (Å²) in [5.41, 5.74) is 1.18. The van der Waals surface area contributed by atoms with Gasteiger partial charge < -0.3 is 10.1 Å². The molecule has 0 saturated heterocycles. The van der Waals surface area contributed by atoms with Crippen LogP contribution >= 0.6 is 0 Å². The van der Waals surface area contributed by atoms with Crippen LogP contribution in [-0.4, -0.2) is 18.8 Å². The number of methoxy groups -OCH3 is 1. The normalized spacial score (nSPS) is 9.55. The van der Waals surface area contributed by atoms with Crippen molar-refractivity contribution in [3.05, 3.63) is 23.8 Å². The Balaban J connectivity index is 0. The third-order valence-electron chi connectivity index (χ3n) is 2.63. The van der Waals surface area contributed by atoms with E-state index in [-0.39, 0.29) is 19.0 Å². The molecule has 1 N–H and O–H groups in total. The largest absolute Gasteiger partial charge is 0.495 e. The van der Waals surface area contributed by atoms with E-state index in [0.717, 1.165) is 0 Å². The van der Waals surface area contributed by atoms with Crippen LogP contribution in [0.3, 0.4) is 0 Å². The van der Waals surface area contributed by atoms with Gasteiger partial charge in [0.15, 0.2) is 5.78 Å². The summed E-state index contributed by atoms with van der Waals surface area (Å²) in [4.78, 5) is 23.2. The van der Waals surface area contributed by atoms with Gasteiger partial charge in [-0.25, -0.2) is 0 Å². The minimum absolute atomic E-state index is 0. The van der Waals surface area contributed by atoms with Gasteiger partial charge in [0.05, 0.1) is 12.8 Å². The first-order chi connectivity index (χ1) is 9.49. The van der Waals surface area contributed by atoms with E-state index in [0.29, 0.717) is 23.4 Å². The Morgan fingerprint density at radius 1 is 1.30 bits per heavy atom. The van der Waals surface area contributed by atoms with Crippen molar-refractivity contribution in [2.75, 3.05) is 12.4 Å². The second kappa shape index (κ2) is 9.13. The number of ether oxygens (including phenoxy) is 1. The second-order valence-corrected chi connectivity index (χ2v) is 4.34. The van der Waals surface area contributed by atoms with Crippen LogP contribution in [0.5, 0.6) is 5.75 Å². The molecule has 1 amide bonds. The Morgan fingerprint density at radius 2 is 1.90 bits per heavy atom. The van der Waals surface area contributed by atoms with Crippen LogP contribution in [-0.2, 0) is 4.79 Å². The number of anilines is 1. The van der Waals surface area contributed by atoms with E-state index >= 15 is 0 Å². The molecule has 0 aliphatic rings. The predicted molar refractivity (Wildman–Crippen MR) is 84.5 cm³/mol. The maximum absolute atomic E-state index is 11.6. The fraction of sp³-hybridized carbons (Fsp3) is 0.500. The Labute approximate surface area is 123 Å². The molecule has 4 nitrogen and oxygen atoms in total. The fourth-order valence-electron chi connectivity index (χ4n) is 1.45. The highest BCUT2D eigenvalue weighted by Gasteiger charge is 2.12. The third-order valence-corrected chi connectivity index (χ3v) is 2.63. The summed E-state index contributed by atoms with van der Waals surface area (Å²) in [6, 6.07) is 5.05. The van der Waals surface area contributed by atoms with E-state index in [1.165, 1.54) is 7.11 Å². The molecule has 0 aromatic heterocycles. The smallest absolute Gasteiger partial charge is 0.227 e.